The van der Waals surface area contributed by atoms with Crippen molar-refractivity contribution in [1.82, 2.24) is 10.3 Å². The predicted molar refractivity (Wildman–Crippen MR) is 68.8 cm³/mol. The summed E-state index contributed by atoms with van der Waals surface area (Å²) in [6.07, 6.45) is 6.17. The van der Waals surface area contributed by atoms with E-state index in [4.69, 9.17) is 4.74 Å². The maximum absolute atomic E-state index is 5.39. The van der Waals surface area contributed by atoms with Crippen LogP contribution in [0.4, 0.5) is 0 Å². The second kappa shape index (κ2) is 6.12. The van der Waals surface area contributed by atoms with Crippen molar-refractivity contribution < 1.29 is 4.74 Å². The average molecular weight is 234 g/mol. The van der Waals surface area contributed by atoms with Gasteiger partial charge in [0.1, 0.15) is 0 Å². The Labute approximate surface area is 104 Å². The van der Waals surface area contributed by atoms with Crippen molar-refractivity contribution in [2.75, 3.05) is 13.2 Å². The van der Waals surface area contributed by atoms with E-state index in [2.05, 4.69) is 30.2 Å². The zero-order chi connectivity index (χ0) is 12.1. The maximum Gasteiger partial charge on any atom is 0.0469 e. The summed E-state index contributed by atoms with van der Waals surface area (Å²) in [6.45, 7) is 7.17. The Morgan fingerprint density at radius 1 is 1.47 bits per heavy atom. The summed E-state index contributed by atoms with van der Waals surface area (Å²) in [5.41, 5.74) is 2.61. The molecule has 1 aromatic heterocycles. The Morgan fingerprint density at radius 3 is 2.94 bits per heavy atom. The van der Waals surface area contributed by atoms with Gasteiger partial charge in [-0.15, -0.1) is 0 Å². The van der Waals surface area contributed by atoms with Crippen LogP contribution in [0.2, 0.25) is 0 Å². The molecule has 1 atom stereocenters. The lowest BCUT2D eigenvalue weighted by atomic mass is 9.93. The van der Waals surface area contributed by atoms with Crippen LogP contribution in [-0.4, -0.2) is 24.2 Å². The highest BCUT2D eigenvalue weighted by atomic mass is 16.5. The van der Waals surface area contributed by atoms with E-state index in [0.29, 0.717) is 6.04 Å². The molecular weight excluding hydrogens is 212 g/mol. The second-order valence-electron chi connectivity index (χ2n) is 4.92. The molecule has 1 N–H and O–H groups in total. The highest BCUT2D eigenvalue weighted by molar-refractivity contribution is 5.21. The molecular formula is C14H22N2O. The predicted octanol–water partition coefficient (Wildman–Crippen LogP) is 2.29. The summed E-state index contributed by atoms with van der Waals surface area (Å²) in [5.74, 6) is 0.751. The number of hydrogen-bond donors (Lipinski definition) is 1. The Morgan fingerprint density at radius 2 is 2.24 bits per heavy atom. The maximum atomic E-state index is 5.39. The summed E-state index contributed by atoms with van der Waals surface area (Å²) in [5, 5.41) is 3.61. The van der Waals surface area contributed by atoms with Gasteiger partial charge in [0.05, 0.1) is 0 Å². The van der Waals surface area contributed by atoms with Crippen molar-refractivity contribution in [2.45, 2.75) is 39.3 Å². The van der Waals surface area contributed by atoms with Gasteiger partial charge >= 0.3 is 0 Å². The monoisotopic (exact) mass is 234 g/mol. The Balaban J connectivity index is 1.83. The van der Waals surface area contributed by atoms with E-state index in [9.17, 15) is 0 Å². The first-order chi connectivity index (χ1) is 8.27. The third-order valence-electron chi connectivity index (χ3n) is 3.74. The molecule has 0 aliphatic carbocycles. The van der Waals surface area contributed by atoms with E-state index in [0.717, 1.165) is 25.7 Å². The molecule has 1 aliphatic rings. The molecule has 1 saturated heterocycles. The number of aryl methyl sites for hydroxylation is 1. The standard InChI is InChI=1S/C14H22N2O/c1-11-3-6-15-9-14(11)10-16-12(2)13-4-7-17-8-5-13/h3,6,9,12-13,16H,4-5,7-8,10H2,1-2H3. The van der Waals surface area contributed by atoms with Crippen LogP contribution in [0.3, 0.4) is 0 Å². The summed E-state index contributed by atoms with van der Waals surface area (Å²) in [7, 11) is 0. The topological polar surface area (TPSA) is 34.2 Å². The number of pyridine rings is 1. The first kappa shape index (κ1) is 12.5. The molecule has 0 amide bonds. The van der Waals surface area contributed by atoms with E-state index in [1.165, 1.54) is 24.0 Å². The zero-order valence-corrected chi connectivity index (χ0v) is 10.8. The van der Waals surface area contributed by atoms with Crippen LogP contribution in [-0.2, 0) is 11.3 Å². The summed E-state index contributed by atoms with van der Waals surface area (Å²) >= 11 is 0. The van der Waals surface area contributed by atoms with Crippen molar-refractivity contribution in [3.8, 4) is 0 Å². The number of aromatic nitrogens is 1. The highest BCUT2D eigenvalue weighted by Crippen LogP contribution is 2.19. The van der Waals surface area contributed by atoms with Gasteiger partial charge in [0, 0.05) is 38.2 Å². The number of hydrogen-bond acceptors (Lipinski definition) is 3. The molecule has 2 rings (SSSR count). The molecule has 0 bridgehead atoms. The third kappa shape index (κ3) is 3.51. The lowest BCUT2D eigenvalue weighted by Crippen LogP contribution is -2.36. The fraction of sp³-hybridized carbons (Fsp3) is 0.643. The molecule has 17 heavy (non-hydrogen) atoms. The third-order valence-corrected chi connectivity index (χ3v) is 3.74. The van der Waals surface area contributed by atoms with Crippen LogP contribution in [0, 0.1) is 12.8 Å². The van der Waals surface area contributed by atoms with Crippen molar-refractivity contribution >= 4 is 0 Å². The summed E-state index contributed by atoms with van der Waals surface area (Å²) < 4.78 is 5.39. The molecule has 0 spiro atoms. The molecule has 94 valence electrons. The zero-order valence-electron chi connectivity index (χ0n) is 10.8. The van der Waals surface area contributed by atoms with E-state index < -0.39 is 0 Å². The molecule has 2 heterocycles. The largest absolute Gasteiger partial charge is 0.381 e. The van der Waals surface area contributed by atoms with Crippen molar-refractivity contribution in [3.63, 3.8) is 0 Å². The van der Waals surface area contributed by atoms with Gasteiger partial charge in [0.2, 0.25) is 0 Å². The minimum Gasteiger partial charge on any atom is -0.381 e. The van der Waals surface area contributed by atoms with Crippen molar-refractivity contribution in [2.24, 2.45) is 5.92 Å². The van der Waals surface area contributed by atoms with Crippen LogP contribution < -0.4 is 5.32 Å². The Kier molecular flexibility index (Phi) is 4.51. The minimum atomic E-state index is 0.554. The lowest BCUT2D eigenvalue weighted by Gasteiger charge is -2.28. The van der Waals surface area contributed by atoms with Gasteiger partial charge in [-0.1, -0.05) is 0 Å². The molecule has 3 heteroatoms. The van der Waals surface area contributed by atoms with Crippen LogP contribution in [0.15, 0.2) is 18.5 Å². The second-order valence-corrected chi connectivity index (χ2v) is 4.92. The van der Waals surface area contributed by atoms with Gasteiger partial charge in [-0.25, -0.2) is 0 Å². The highest BCUT2D eigenvalue weighted by Gasteiger charge is 2.19. The normalized spacial score (nSPS) is 19.2. The number of nitrogens with one attached hydrogen (secondary N) is 1. The minimum absolute atomic E-state index is 0.554. The molecule has 0 aromatic carbocycles. The smallest absolute Gasteiger partial charge is 0.0469 e. The molecule has 1 unspecified atom stereocenters. The molecule has 1 aliphatic heterocycles. The molecule has 1 fully saturated rings. The van der Waals surface area contributed by atoms with E-state index in [-0.39, 0.29) is 0 Å². The molecule has 0 radical (unpaired) electrons. The number of nitrogens with zero attached hydrogens (tertiary/aromatic N) is 1. The molecule has 0 saturated carbocycles. The quantitative estimate of drug-likeness (QED) is 0.868. The number of rotatable bonds is 4. The van der Waals surface area contributed by atoms with E-state index in [1.807, 2.05) is 12.4 Å². The van der Waals surface area contributed by atoms with Crippen LogP contribution in [0.1, 0.15) is 30.9 Å². The first-order valence-electron chi connectivity index (χ1n) is 6.48. The fourth-order valence-corrected chi connectivity index (χ4v) is 2.34. The van der Waals surface area contributed by atoms with Gasteiger partial charge in [0.15, 0.2) is 0 Å². The summed E-state index contributed by atoms with van der Waals surface area (Å²) in [6, 6.07) is 2.62. The van der Waals surface area contributed by atoms with Crippen LogP contribution in [0.25, 0.3) is 0 Å². The van der Waals surface area contributed by atoms with Gasteiger partial charge in [0.25, 0.3) is 0 Å². The Bertz CT molecular complexity index is 348. The first-order valence-corrected chi connectivity index (χ1v) is 6.48. The average Bonchev–Trinajstić information content (AvgIpc) is 2.38. The van der Waals surface area contributed by atoms with Crippen molar-refractivity contribution in [1.29, 1.82) is 0 Å². The Hall–Kier alpha value is -0.930. The van der Waals surface area contributed by atoms with Gasteiger partial charge in [-0.3, -0.25) is 4.98 Å². The summed E-state index contributed by atoms with van der Waals surface area (Å²) in [4.78, 5) is 4.18. The van der Waals surface area contributed by atoms with Crippen LogP contribution >= 0.6 is 0 Å². The van der Waals surface area contributed by atoms with E-state index in [1.54, 1.807) is 0 Å². The van der Waals surface area contributed by atoms with Crippen LogP contribution in [0.5, 0.6) is 0 Å². The fourth-order valence-electron chi connectivity index (χ4n) is 2.34. The van der Waals surface area contributed by atoms with E-state index >= 15 is 0 Å². The van der Waals surface area contributed by atoms with Gasteiger partial charge < -0.3 is 10.1 Å². The van der Waals surface area contributed by atoms with Gasteiger partial charge in [-0.05, 0) is 49.8 Å². The molecule has 1 aromatic rings. The molecule has 3 nitrogen and oxygen atoms in total. The van der Waals surface area contributed by atoms with Crippen molar-refractivity contribution in [3.05, 3.63) is 29.6 Å². The number of ether oxygens (including phenoxy) is 1. The lowest BCUT2D eigenvalue weighted by molar-refractivity contribution is 0.0558. The SMILES string of the molecule is Cc1ccncc1CNC(C)C1CCOCC1. The van der Waals surface area contributed by atoms with Gasteiger partial charge in [-0.2, -0.15) is 0 Å².